The molecule has 0 aromatic carbocycles. The number of hydrogen-bond donors (Lipinski definition) is 1. The average molecular weight is 365 g/mol. The van der Waals surface area contributed by atoms with Gasteiger partial charge in [0.05, 0.1) is 12.6 Å². The maximum Gasteiger partial charge on any atom is 0.410 e. The Morgan fingerprint density at radius 2 is 1.88 bits per heavy atom. The first-order valence-electron chi connectivity index (χ1n) is 8.48. The lowest BCUT2D eigenvalue weighted by atomic mass is 9.99. The SMILES string of the molecule is COc1nc(N2CCN(C(=O)OC(C)(C)C)C(C)(C)C2)ccc1C(=O)O. The average Bonchev–Trinajstić information content (AvgIpc) is 2.51. The van der Waals surface area contributed by atoms with Gasteiger partial charge < -0.3 is 19.5 Å². The van der Waals surface area contributed by atoms with E-state index >= 15 is 0 Å². The third-order valence-electron chi connectivity index (χ3n) is 4.11. The molecule has 0 bridgehead atoms. The van der Waals surface area contributed by atoms with E-state index in [1.807, 2.05) is 39.5 Å². The molecule has 1 saturated heterocycles. The number of carboxylic acids is 1. The number of carboxylic acid groups (broad SMARTS) is 1. The third kappa shape index (κ3) is 4.36. The van der Waals surface area contributed by atoms with Gasteiger partial charge in [0.25, 0.3) is 0 Å². The van der Waals surface area contributed by atoms with Gasteiger partial charge in [0.1, 0.15) is 17.0 Å². The number of hydrogen-bond acceptors (Lipinski definition) is 6. The number of aromatic nitrogens is 1. The van der Waals surface area contributed by atoms with E-state index in [-0.39, 0.29) is 17.5 Å². The highest BCUT2D eigenvalue weighted by Gasteiger charge is 2.39. The number of pyridine rings is 1. The Labute approximate surface area is 153 Å². The molecule has 0 saturated carbocycles. The lowest BCUT2D eigenvalue weighted by molar-refractivity contribution is 0.000274. The minimum Gasteiger partial charge on any atom is -0.480 e. The van der Waals surface area contributed by atoms with Crippen LogP contribution in [0.5, 0.6) is 5.88 Å². The van der Waals surface area contributed by atoms with E-state index in [1.54, 1.807) is 11.0 Å². The van der Waals surface area contributed by atoms with E-state index in [0.29, 0.717) is 25.5 Å². The van der Waals surface area contributed by atoms with Crippen LogP contribution in [0, 0.1) is 0 Å². The number of methoxy groups -OCH3 is 1. The second-order valence-electron chi connectivity index (χ2n) is 7.90. The summed E-state index contributed by atoms with van der Waals surface area (Å²) >= 11 is 0. The Kier molecular flexibility index (Phi) is 5.34. The van der Waals surface area contributed by atoms with E-state index in [9.17, 15) is 14.7 Å². The van der Waals surface area contributed by atoms with Crippen molar-refractivity contribution in [1.82, 2.24) is 9.88 Å². The van der Waals surface area contributed by atoms with Crippen LogP contribution in [0.3, 0.4) is 0 Å². The van der Waals surface area contributed by atoms with E-state index in [1.165, 1.54) is 13.2 Å². The lowest BCUT2D eigenvalue weighted by Gasteiger charge is -2.47. The van der Waals surface area contributed by atoms with E-state index in [4.69, 9.17) is 9.47 Å². The van der Waals surface area contributed by atoms with Crippen molar-refractivity contribution in [3.63, 3.8) is 0 Å². The van der Waals surface area contributed by atoms with Gasteiger partial charge in [-0.1, -0.05) is 0 Å². The summed E-state index contributed by atoms with van der Waals surface area (Å²) in [6.45, 7) is 11.0. The van der Waals surface area contributed by atoms with Crippen LogP contribution in [-0.2, 0) is 4.74 Å². The first-order chi connectivity index (χ1) is 11.9. The summed E-state index contributed by atoms with van der Waals surface area (Å²) in [5, 5.41) is 9.18. The number of rotatable bonds is 3. The van der Waals surface area contributed by atoms with Gasteiger partial charge in [0.15, 0.2) is 0 Å². The molecule has 2 rings (SSSR count). The van der Waals surface area contributed by atoms with Crippen molar-refractivity contribution in [2.75, 3.05) is 31.6 Å². The van der Waals surface area contributed by atoms with Gasteiger partial charge in [-0.15, -0.1) is 0 Å². The summed E-state index contributed by atoms with van der Waals surface area (Å²) in [5.41, 5.74) is -1.00. The van der Waals surface area contributed by atoms with Crippen LogP contribution in [0.2, 0.25) is 0 Å². The fourth-order valence-corrected chi connectivity index (χ4v) is 2.93. The second kappa shape index (κ2) is 7.01. The molecule has 0 unspecified atom stereocenters. The summed E-state index contributed by atoms with van der Waals surface area (Å²) in [5.74, 6) is -0.401. The zero-order valence-electron chi connectivity index (χ0n) is 16.2. The molecule has 0 atom stereocenters. The van der Waals surface area contributed by atoms with Crippen LogP contribution in [0.4, 0.5) is 10.6 Å². The largest absolute Gasteiger partial charge is 0.480 e. The van der Waals surface area contributed by atoms with Gasteiger partial charge in [0.2, 0.25) is 5.88 Å². The van der Waals surface area contributed by atoms with Gasteiger partial charge in [-0.25, -0.2) is 9.59 Å². The first kappa shape index (κ1) is 19.8. The molecule has 0 radical (unpaired) electrons. The molecule has 26 heavy (non-hydrogen) atoms. The summed E-state index contributed by atoms with van der Waals surface area (Å²) < 4.78 is 10.6. The van der Waals surface area contributed by atoms with Crippen molar-refractivity contribution in [3.8, 4) is 5.88 Å². The molecule has 2 heterocycles. The van der Waals surface area contributed by atoms with Gasteiger partial charge in [-0.2, -0.15) is 4.98 Å². The Morgan fingerprint density at radius 3 is 2.38 bits per heavy atom. The Hall–Kier alpha value is -2.51. The normalized spacial score (nSPS) is 17.0. The number of aromatic carboxylic acids is 1. The molecular formula is C18H27N3O5. The van der Waals surface area contributed by atoms with Crippen molar-refractivity contribution >= 4 is 17.9 Å². The molecule has 1 aliphatic heterocycles. The smallest absolute Gasteiger partial charge is 0.410 e. The van der Waals surface area contributed by atoms with Crippen molar-refractivity contribution in [3.05, 3.63) is 17.7 Å². The molecule has 1 amide bonds. The number of anilines is 1. The van der Waals surface area contributed by atoms with Gasteiger partial charge in [-0.05, 0) is 46.8 Å². The zero-order chi connectivity index (χ0) is 19.7. The van der Waals surface area contributed by atoms with Crippen molar-refractivity contribution in [1.29, 1.82) is 0 Å². The van der Waals surface area contributed by atoms with Crippen LogP contribution >= 0.6 is 0 Å². The van der Waals surface area contributed by atoms with E-state index in [2.05, 4.69) is 4.98 Å². The van der Waals surface area contributed by atoms with Crippen LogP contribution in [-0.4, -0.2) is 64.9 Å². The highest BCUT2D eigenvalue weighted by molar-refractivity contribution is 5.90. The van der Waals surface area contributed by atoms with Crippen LogP contribution in [0.1, 0.15) is 45.0 Å². The molecular weight excluding hydrogens is 338 g/mol. The lowest BCUT2D eigenvalue weighted by Crippen LogP contribution is -2.62. The van der Waals surface area contributed by atoms with Gasteiger partial charge >= 0.3 is 12.1 Å². The van der Waals surface area contributed by atoms with Crippen molar-refractivity contribution in [2.24, 2.45) is 0 Å². The van der Waals surface area contributed by atoms with E-state index in [0.717, 1.165) is 0 Å². The summed E-state index contributed by atoms with van der Waals surface area (Å²) in [7, 11) is 1.39. The van der Waals surface area contributed by atoms with Gasteiger partial charge in [0, 0.05) is 19.6 Å². The predicted octanol–water partition coefficient (Wildman–Crippen LogP) is 2.62. The fourth-order valence-electron chi connectivity index (χ4n) is 2.93. The topological polar surface area (TPSA) is 92.2 Å². The number of carbonyl (C=O) groups is 2. The summed E-state index contributed by atoms with van der Waals surface area (Å²) in [4.78, 5) is 31.7. The predicted molar refractivity (Wildman–Crippen MR) is 97.0 cm³/mol. The zero-order valence-corrected chi connectivity index (χ0v) is 16.2. The molecule has 8 heteroatoms. The van der Waals surface area contributed by atoms with Gasteiger partial charge in [-0.3, -0.25) is 4.90 Å². The minimum atomic E-state index is -1.09. The van der Waals surface area contributed by atoms with Crippen molar-refractivity contribution in [2.45, 2.75) is 45.8 Å². The van der Waals surface area contributed by atoms with Crippen LogP contribution < -0.4 is 9.64 Å². The quantitative estimate of drug-likeness (QED) is 0.880. The molecule has 1 aromatic heterocycles. The molecule has 0 spiro atoms. The molecule has 1 fully saturated rings. The first-order valence-corrected chi connectivity index (χ1v) is 8.48. The maximum atomic E-state index is 12.5. The highest BCUT2D eigenvalue weighted by Crippen LogP contribution is 2.28. The highest BCUT2D eigenvalue weighted by atomic mass is 16.6. The van der Waals surface area contributed by atoms with Crippen LogP contribution in [0.25, 0.3) is 0 Å². The standard InChI is InChI=1S/C18H27N3O5/c1-17(2,3)26-16(24)21-10-9-20(11-18(21,4)5)13-8-7-12(15(22)23)14(19-13)25-6/h7-8H,9-11H2,1-6H3,(H,22,23). The molecule has 1 N–H and O–H groups in total. The number of amides is 1. The fraction of sp³-hybridized carbons (Fsp3) is 0.611. The summed E-state index contributed by atoms with van der Waals surface area (Å²) in [6.07, 6.45) is -0.339. The number of piperazine rings is 1. The molecule has 1 aliphatic rings. The minimum absolute atomic E-state index is 0.0166. The number of ether oxygens (including phenoxy) is 2. The van der Waals surface area contributed by atoms with E-state index < -0.39 is 17.1 Å². The Balaban J connectivity index is 2.19. The third-order valence-corrected chi connectivity index (χ3v) is 4.11. The summed E-state index contributed by atoms with van der Waals surface area (Å²) in [6, 6.07) is 3.14. The number of carbonyl (C=O) groups excluding carboxylic acids is 1. The molecule has 0 aliphatic carbocycles. The maximum absolute atomic E-state index is 12.5. The Bertz CT molecular complexity index is 697. The molecule has 144 valence electrons. The Morgan fingerprint density at radius 1 is 1.23 bits per heavy atom. The van der Waals surface area contributed by atoms with Crippen LogP contribution in [0.15, 0.2) is 12.1 Å². The number of nitrogens with zero attached hydrogens (tertiary/aromatic N) is 3. The monoisotopic (exact) mass is 365 g/mol. The van der Waals surface area contributed by atoms with Crippen molar-refractivity contribution < 1.29 is 24.2 Å². The molecule has 1 aromatic rings. The molecule has 8 nitrogen and oxygen atoms in total. The second-order valence-corrected chi connectivity index (χ2v) is 7.90.